The summed E-state index contributed by atoms with van der Waals surface area (Å²) in [5, 5.41) is 2.85. The van der Waals surface area contributed by atoms with Gasteiger partial charge < -0.3 is 5.32 Å². The van der Waals surface area contributed by atoms with Gasteiger partial charge in [0.15, 0.2) is 5.78 Å². The number of rotatable bonds is 4. The number of hydrogen-bond acceptors (Lipinski definition) is 4. The van der Waals surface area contributed by atoms with Crippen LogP contribution in [-0.4, -0.2) is 47.2 Å². The average molecular weight is 292 g/mol. The van der Waals surface area contributed by atoms with Crippen LogP contribution < -0.4 is 5.32 Å². The Morgan fingerprint density at radius 3 is 2.85 bits per heavy atom. The van der Waals surface area contributed by atoms with Gasteiger partial charge in [-0.15, -0.1) is 0 Å². The quantitative estimate of drug-likeness (QED) is 0.865. The van der Waals surface area contributed by atoms with Crippen molar-refractivity contribution in [2.45, 2.75) is 19.9 Å². The van der Waals surface area contributed by atoms with Gasteiger partial charge >= 0.3 is 0 Å². The molecule has 1 N–H and O–H groups in total. The van der Waals surface area contributed by atoms with Gasteiger partial charge in [0.25, 0.3) is 0 Å². The van der Waals surface area contributed by atoms with Gasteiger partial charge in [0.2, 0.25) is 5.91 Å². The maximum atomic E-state index is 12.1. The highest BCUT2D eigenvalue weighted by molar-refractivity contribution is 7.99. The van der Waals surface area contributed by atoms with E-state index in [0.717, 1.165) is 18.1 Å². The molecule has 108 valence electrons. The zero-order valence-corrected chi connectivity index (χ0v) is 12.7. The molecule has 2 rings (SSSR count). The molecule has 5 heteroatoms. The Balaban J connectivity index is 1.99. The number of Topliss-reactive ketones (excluding diaryl/α,β-unsaturated/α-hetero) is 1. The van der Waals surface area contributed by atoms with Crippen LogP contribution in [0.1, 0.15) is 24.2 Å². The summed E-state index contributed by atoms with van der Waals surface area (Å²) in [7, 11) is 0. The molecule has 0 unspecified atom stereocenters. The van der Waals surface area contributed by atoms with Crippen LogP contribution in [0.15, 0.2) is 24.3 Å². The van der Waals surface area contributed by atoms with Gasteiger partial charge in [0.1, 0.15) is 0 Å². The number of amides is 1. The monoisotopic (exact) mass is 292 g/mol. The van der Waals surface area contributed by atoms with Crippen LogP contribution in [0.25, 0.3) is 0 Å². The van der Waals surface area contributed by atoms with Crippen molar-refractivity contribution in [3.05, 3.63) is 29.8 Å². The Kier molecular flexibility index (Phi) is 5.20. The fourth-order valence-corrected chi connectivity index (χ4v) is 3.35. The number of carbonyl (C=O) groups is 2. The molecule has 0 aromatic heterocycles. The van der Waals surface area contributed by atoms with Gasteiger partial charge in [-0.1, -0.05) is 12.1 Å². The third-order valence-corrected chi connectivity index (χ3v) is 4.62. The van der Waals surface area contributed by atoms with Gasteiger partial charge in [-0.25, -0.2) is 0 Å². The third kappa shape index (κ3) is 3.84. The average Bonchev–Trinajstić information content (AvgIpc) is 2.41. The van der Waals surface area contributed by atoms with Crippen molar-refractivity contribution in [1.29, 1.82) is 0 Å². The zero-order chi connectivity index (χ0) is 14.5. The predicted octanol–water partition coefficient (Wildman–Crippen LogP) is 2.27. The van der Waals surface area contributed by atoms with Crippen LogP contribution >= 0.6 is 11.8 Å². The van der Waals surface area contributed by atoms with Gasteiger partial charge in [-0.3, -0.25) is 14.5 Å². The van der Waals surface area contributed by atoms with Crippen molar-refractivity contribution in [3.63, 3.8) is 0 Å². The third-order valence-electron chi connectivity index (χ3n) is 3.43. The van der Waals surface area contributed by atoms with E-state index in [-0.39, 0.29) is 11.7 Å². The van der Waals surface area contributed by atoms with Gasteiger partial charge in [-0.05, 0) is 26.0 Å². The van der Waals surface area contributed by atoms with Crippen molar-refractivity contribution in [2.75, 3.05) is 29.9 Å². The number of hydrogen-bond donors (Lipinski definition) is 1. The first kappa shape index (κ1) is 15.1. The number of ketones is 1. The summed E-state index contributed by atoms with van der Waals surface area (Å²) in [6, 6.07) is 7.54. The Morgan fingerprint density at radius 1 is 1.40 bits per heavy atom. The van der Waals surface area contributed by atoms with Crippen molar-refractivity contribution in [2.24, 2.45) is 0 Å². The number of nitrogens with one attached hydrogen (secondary N) is 1. The largest absolute Gasteiger partial charge is 0.324 e. The maximum absolute atomic E-state index is 12.1. The number of anilines is 1. The lowest BCUT2D eigenvalue weighted by molar-refractivity contribution is -0.117. The molecule has 20 heavy (non-hydrogen) atoms. The molecule has 0 spiro atoms. The van der Waals surface area contributed by atoms with E-state index in [4.69, 9.17) is 0 Å². The Labute approximate surface area is 123 Å². The highest BCUT2D eigenvalue weighted by atomic mass is 32.2. The number of para-hydroxylation sites is 1. The summed E-state index contributed by atoms with van der Waals surface area (Å²) in [5.41, 5.74) is 1.16. The molecule has 1 saturated heterocycles. The van der Waals surface area contributed by atoms with Gasteiger partial charge in [0, 0.05) is 29.7 Å². The molecule has 1 aliphatic heterocycles. The van der Waals surface area contributed by atoms with Crippen LogP contribution in [0.3, 0.4) is 0 Å². The first-order valence-electron chi connectivity index (χ1n) is 6.79. The maximum Gasteiger partial charge on any atom is 0.238 e. The molecule has 0 saturated carbocycles. The molecule has 1 amide bonds. The highest BCUT2D eigenvalue weighted by Crippen LogP contribution is 2.17. The van der Waals surface area contributed by atoms with E-state index >= 15 is 0 Å². The van der Waals surface area contributed by atoms with Crippen molar-refractivity contribution < 1.29 is 9.59 Å². The lowest BCUT2D eigenvalue weighted by atomic mass is 10.1. The summed E-state index contributed by atoms with van der Waals surface area (Å²) in [6.07, 6.45) is 0. The molecule has 1 fully saturated rings. The van der Waals surface area contributed by atoms with Crippen LogP contribution in [0, 0.1) is 0 Å². The number of nitrogens with zero attached hydrogens (tertiary/aromatic N) is 1. The second kappa shape index (κ2) is 6.90. The summed E-state index contributed by atoms with van der Waals surface area (Å²) >= 11 is 1.93. The molecule has 1 aromatic carbocycles. The summed E-state index contributed by atoms with van der Waals surface area (Å²) in [6.45, 7) is 4.97. The van der Waals surface area contributed by atoms with Crippen LogP contribution in [0.5, 0.6) is 0 Å². The first-order chi connectivity index (χ1) is 9.58. The molecule has 1 aliphatic rings. The molecule has 0 bridgehead atoms. The fourth-order valence-electron chi connectivity index (χ4n) is 2.27. The van der Waals surface area contributed by atoms with E-state index in [1.807, 2.05) is 17.8 Å². The predicted molar refractivity (Wildman–Crippen MR) is 83.4 cm³/mol. The van der Waals surface area contributed by atoms with E-state index in [1.165, 1.54) is 6.92 Å². The van der Waals surface area contributed by atoms with Crippen molar-refractivity contribution >= 4 is 29.1 Å². The second-order valence-corrected chi connectivity index (χ2v) is 6.19. The summed E-state index contributed by atoms with van der Waals surface area (Å²) in [5.74, 6) is 2.04. The standard InChI is InChI=1S/C15H20N2O2S/c1-11-10-20-8-7-17(11)9-15(19)16-14-6-4-3-5-13(14)12(2)18/h3-6,11H,7-10H2,1-2H3,(H,16,19)/t11-/m0/s1. The Bertz CT molecular complexity index is 504. The lowest BCUT2D eigenvalue weighted by Crippen LogP contribution is -2.44. The van der Waals surface area contributed by atoms with Crippen LogP contribution in [0.4, 0.5) is 5.69 Å². The molecule has 0 radical (unpaired) electrons. The van der Waals surface area contributed by atoms with Crippen LogP contribution in [-0.2, 0) is 4.79 Å². The van der Waals surface area contributed by atoms with Gasteiger partial charge in [-0.2, -0.15) is 11.8 Å². The Morgan fingerprint density at radius 2 is 2.15 bits per heavy atom. The molecule has 4 nitrogen and oxygen atoms in total. The molecular formula is C15H20N2O2S. The minimum Gasteiger partial charge on any atom is -0.324 e. The zero-order valence-electron chi connectivity index (χ0n) is 11.9. The summed E-state index contributed by atoms with van der Waals surface area (Å²) in [4.78, 5) is 25.8. The first-order valence-corrected chi connectivity index (χ1v) is 7.95. The number of thioether (sulfide) groups is 1. The Hall–Kier alpha value is -1.33. The van der Waals surface area contributed by atoms with E-state index < -0.39 is 0 Å². The molecular weight excluding hydrogens is 272 g/mol. The molecule has 0 aliphatic carbocycles. The van der Waals surface area contributed by atoms with E-state index in [9.17, 15) is 9.59 Å². The lowest BCUT2D eigenvalue weighted by Gasteiger charge is -2.32. The van der Waals surface area contributed by atoms with Crippen LogP contribution in [0.2, 0.25) is 0 Å². The minimum absolute atomic E-state index is 0.0383. The molecule has 1 aromatic rings. The summed E-state index contributed by atoms with van der Waals surface area (Å²) < 4.78 is 0. The second-order valence-electron chi connectivity index (χ2n) is 5.04. The number of carbonyl (C=O) groups excluding carboxylic acids is 2. The smallest absolute Gasteiger partial charge is 0.238 e. The SMILES string of the molecule is CC(=O)c1ccccc1NC(=O)CN1CCSC[C@@H]1C. The van der Waals surface area contributed by atoms with Crippen molar-refractivity contribution in [3.8, 4) is 0 Å². The molecule has 1 heterocycles. The topological polar surface area (TPSA) is 49.4 Å². The molecule has 1 atom stereocenters. The van der Waals surface area contributed by atoms with E-state index in [1.54, 1.807) is 18.2 Å². The van der Waals surface area contributed by atoms with Gasteiger partial charge in [0.05, 0.1) is 12.2 Å². The van der Waals surface area contributed by atoms with E-state index in [0.29, 0.717) is 23.8 Å². The normalized spacial score (nSPS) is 19.6. The minimum atomic E-state index is -0.0579. The highest BCUT2D eigenvalue weighted by Gasteiger charge is 2.21. The fraction of sp³-hybridized carbons (Fsp3) is 0.467. The van der Waals surface area contributed by atoms with E-state index in [2.05, 4.69) is 17.1 Å². The van der Waals surface area contributed by atoms with Crippen molar-refractivity contribution in [1.82, 2.24) is 4.90 Å². The number of benzene rings is 1.